The maximum atomic E-state index is 11.1. The van der Waals surface area contributed by atoms with Crippen molar-refractivity contribution in [3.63, 3.8) is 0 Å². The Balaban J connectivity index is 2.29. The van der Waals surface area contributed by atoms with Crippen molar-refractivity contribution in [1.29, 1.82) is 0 Å². The van der Waals surface area contributed by atoms with Crippen LogP contribution in [-0.2, 0) is 0 Å². The normalized spacial score (nSPS) is 15.6. The first-order valence-electron chi connectivity index (χ1n) is 5.13. The predicted octanol–water partition coefficient (Wildman–Crippen LogP) is 1.01. The van der Waals surface area contributed by atoms with Gasteiger partial charge in [0.2, 0.25) is 0 Å². The van der Waals surface area contributed by atoms with Gasteiger partial charge in [0.25, 0.3) is 5.78 Å². The van der Waals surface area contributed by atoms with Gasteiger partial charge in [-0.25, -0.2) is 9.78 Å². The first-order valence-corrected chi connectivity index (χ1v) is 5.13. The Morgan fingerprint density at radius 1 is 1.50 bits per heavy atom. The number of carbonyl (C=O) groups is 1. The summed E-state index contributed by atoms with van der Waals surface area (Å²) in [5.74, 6) is 0.307. The van der Waals surface area contributed by atoms with Gasteiger partial charge in [-0.3, -0.25) is 0 Å². The van der Waals surface area contributed by atoms with Crippen molar-refractivity contribution in [1.82, 2.24) is 19.6 Å². The highest BCUT2D eigenvalue weighted by molar-refractivity contribution is 5.86. The van der Waals surface area contributed by atoms with Crippen LogP contribution in [-0.4, -0.2) is 30.7 Å². The van der Waals surface area contributed by atoms with Crippen molar-refractivity contribution in [3.05, 3.63) is 23.3 Å². The van der Waals surface area contributed by atoms with Gasteiger partial charge < -0.3 is 5.11 Å². The maximum absolute atomic E-state index is 11.1. The third-order valence-electron chi connectivity index (χ3n) is 2.65. The second kappa shape index (κ2) is 3.01. The Labute approximate surface area is 91.0 Å². The van der Waals surface area contributed by atoms with Crippen molar-refractivity contribution in [2.45, 2.75) is 25.7 Å². The molecule has 16 heavy (non-hydrogen) atoms. The van der Waals surface area contributed by atoms with Crippen LogP contribution in [0.25, 0.3) is 5.78 Å². The molecule has 0 amide bonds. The van der Waals surface area contributed by atoms with Crippen LogP contribution in [0.4, 0.5) is 0 Å². The number of nitrogens with zero attached hydrogens (tertiary/aromatic N) is 4. The van der Waals surface area contributed by atoms with E-state index in [1.165, 1.54) is 4.52 Å². The average Bonchev–Trinajstić information content (AvgIpc) is 2.98. The zero-order chi connectivity index (χ0) is 11.3. The van der Waals surface area contributed by atoms with E-state index in [4.69, 9.17) is 5.11 Å². The summed E-state index contributed by atoms with van der Waals surface area (Å²) in [5.41, 5.74) is 0.949. The Kier molecular flexibility index (Phi) is 1.74. The SMILES string of the molecule is Cc1nc2nc(C3CC3)cc(C(=O)O)n2n1. The van der Waals surface area contributed by atoms with E-state index in [-0.39, 0.29) is 5.69 Å². The smallest absolute Gasteiger partial charge is 0.354 e. The molecule has 0 aromatic carbocycles. The Hall–Kier alpha value is -1.98. The molecule has 6 heteroatoms. The van der Waals surface area contributed by atoms with Crippen LogP contribution in [0.5, 0.6) is 0 Å². The number of aromatic carboxylic acids is 1. The first-order chi connectivity index (χ1) is 7.65. The maximum Gasteiger partial charge on any atom is 0.354 e. The van der Waals surface area contributed by atoms with Gasteiger partial charge in [0.05, 0.1) is 0 Å². The molecule has 1 saturated carbocycles. The highest BCUT2D eigenvalue weighted by Crippen LogP contribution is 2.39. The van der Waals surface area contributed by atoms with Crippen LogP contribution in [0.2, 0.25) is 0 Å². The van der Waals surface area contributed by atoms with Gasteiger partial charge in [-0.1, -0.05) is 0 Å². The minimum Gasteiger partial charge on any atom is -0.477 e. The summed E-state index contributed by atoms with van der Waals surface area (Å²) in [7, 11) is 0. The highest BCUT2D eigenvalue weighted by Gasteiger charge is 2.27. The fourth-order valence-electron chi connectivity index (χ4n) is 1.73. The fourth-order valence-corrected chi connectivity index (χ4v) is 1.73. The Bertz CT molecular complexity index is 586. The molecule has 6 nitrogen and oxygen atoms in total. The van der Waals surface area contributed by atoms with E-state index in [0.717, 1.165) is 18.5 Å². The molecule has 3 rings (SSSR count). The zero-order valence-corrected chi connectivity index (χ0v) is 8.71. The third-order valence-corrected chi connectivity index (χ3v) is 2.65. The van der Waals surface area contributed by atoms with E-state index in [1.54, 1.807) is 13.0 Å². The summed E-state index contributed by atoms with van der Waals surface area (Å²) < 4.78 is 1.28. The van der Waals surface area contributed by atoms with Crippen LogP contribution < -0.4 is 0 Å². The van der Waals surface area contributed by atoms with E-state index in [1.807, 2.05) is 0 Å². The van der Waals surface area contributed by atoms with Crippen molar-refractivity contribution in [2.75, 3.05) is 0 Å². The van der Waals surface area contributed by atoms with E-state index in [0.29, 0.717) is 17.5 Å². The Morgan fingerprint density at radius 2 is 2.25 bits per heavy atom. The van der Waals surface area contributed by atoms with Crippen molar-refractivity contribution < 1.29 is 9.90 Å². The first kappa shape index (κ1) is 9.26. The summed E-state index contributed by atoms with van der Waals surface area (Å²) >= 11 is 0. The molecule has 1 aliphatic carbocycles. The number of carboxylic acid groups (broad SMARTS) is 1. The summed E-state index contributed by atoms with van der Waals surface area (Å²) in [6.45, 7) is 1.72. The summed E-state index contributed by atoms with van der Waals surface area (Å²) in [4.78, 5) is 19.5. The second-order valence-corrected chi connectivity index (χ2v) is 4.02. The van der Waals surface area contributed by atoms with E-state index < -0.39 is 5.97 Å². The third kappa shape index (κ3) is 1.34. The number of aromatic nitrogens is 4. The second-order valence-electron chi connectivity index (χ2n) is 4.02. The standard InChI is InChI=1S/C10H10N4O2/c1-5-11-10-12-7(6-2-3-6)4-8(9(15)16)14(10)13-5/h4,6H,2-3H2,1H3,(H,15,16). The van der Waals surface area contributed by atoms with Crippen LogP contribution in [0.3, 0.4) is 0 Å². The molecule has 0 radical (unpaired) electrons. The number of aryl methyl sites for hydroxylation is 1. The average molecular weight is 218 g/mol. The quantitative estimate of drug-likeness (QED) is 0.813. The lowest BCUT2D eigenvalue weighted by atomic mass is 10.2. The molecule has 0 atom stereocenters. The van der Waals surface area contributed by atoms with Gasteiger partial charge in [-0.05, 0) is 25.8 Å². The minimum absolute atomic E-state index is 0.132. The van der Waals surface area contributed by atoms with Gasteiger partial charge in [-0.2, -0.15) is 9.50 Å². The molecular formula is C10H10N4O2. The van der Waals surface area contributed by atoms with Gasteiger partial charge in [0.15, 0.2) is 5.69 Å². The topological polar surface area (TPSA) is 80.4 Å². The highest BCUT2D eigenvalue weighted by atomic mass is 16.4. The fraction of sp³-hybridized carbons (Fsp3) is 0.400. The molecule has 0 aliphatic heterocycles. The predicted molar refractivity (Wildman–Crippen MR) is 54.5 cm³/mol. The molecule has 1 fully saturated rings. The Morgan fingerprint density at radius 3 is 2.88 bits per heavy atom. The summed E-state index contributed by atoms with van der Waals surface area (Å²) in [6, 6.07) is 1.60. The molecule has 82 valence electrons. The van der Waals surface area contributed by atoms with Gasteiger partial charge >= 0.3 is 5.97 Å². The van der Waals surface area contributed by atoms with Crippen LogP contribution in [0, 0.1) is 6.92 Å². The lowest BCUT2D eigenvalue weighted by Gasteiger charge is -2.01. The molecule has 0 bridgehead atoms. The van der Waals surface area contributed by atoms with Crippen molar-refractivity contribution >= 4 is 11.7 Å². The molecule has 0 unspecified atom stereocenters. The number of fused-ring (bicyclic) bond motifs is 1. The molecule has 2 aromatic heterocycles. The molecule has 0 spiro atoms. The zero-order valence-electron chi connectivity index (χ0n) is 8.71. The number of hydrogen-bond acceptors (Lipinski definition) is 4. The van der Waals surface area contributed by atoms with Gasteiger partial charge in [0.1, 0.15) is 5.82 Å². The molecule has 2 heterocycles. The van der Waals surface area contributed by atoms with E-state index in [9.17, 15) is 4.79 Å². The molecule has 2 aromatic rings. The molecule has 0 saturated heterocycles. The van der Waals surface area contributed by atoms with E-state index in [2.05, 4.69) is 15.1 Å². The monoisotopic (exact) mass is 218 g/mol. The van der Waals surface area contributed by atoms with Gasteiger partial charge in [0, 0.05) is 11.6 Å². The molecule has 1 N–H and O–H groups in total. The van der Waals surface area contributed by atoms with Crippen LogP contribution >= 0.6 is 0 Å². The lowest BCUT2D eigenvalue weighted by Crippen LogP contribution is -2.09. The molecular weight excluding hydrogens is 208 g/mol. The summed E-state index contributed by atoms with van der Waals surface area (Å²) in [5, 5.41) is 13.1. The van der Waals surface area contributed by atoms with Crippen LogP contribution in [0.1, 0.15) is 40.8 Å². The van der Waals surface area contributed by atoms with E-state index >= 15 is 0 Å². The van der Waals surface area contributed by atoms with Gasteiger partial charge in [-0.15, -0.1) is 5.10 Å². The lowest BCUT2D eigenvalue weighted by molar-refractivity contribution is 0.0687. The minimum atomic E-state index is -1.00. The van der Waals surface area contributed by atoms with Crippen molar-refractivity contribution in [2.24, 2.45) is 0 Å². The molecule has 1 aliphatic rings. The summed E-state index contributed by atoms with van der Waals surface area (Å²) in [6.07, 6.45) is 2.16. The number of hydrogen-bond donors (Lipinski definition) is 1. The number of carboxylic acids is 1. The van der Waals surface area contributed by atoms with Crippen molar-refractivity contribution in [3.8, 4) is 0 Å². The number of rotatable bonds is 2. The largest absolute Gasteiger partial charge is 0.477 e. The van der Waals surface area contributed by atoms with Crippen LogP contribution in [0.15, 0.2) is 6.07 Å².